The molecule has 0 radical (unpaired) electrons. The number of benzene rings is 8. The van der Waals surface area contributed by atoms with Crippen molar-refractivity contribution in [3.63, 3.8) is 0 Å². The fourth-order valence-corrected chi connectivity index (χ4v) is 9.40. The van der Waals surface area contributed by atoms with Crippen LogP contribution in [0.3, 0.4) is 0 Å². The first-order valence-electron chi connectivity index (χ1n) is 19.0. The Morgan fingerprint density at radius 3 is 1.74 bits per heavy atom. The Morgan fingerprint density at radius 2 is 0.930 bits per heavy atom. The van der Waals surface area contributed by atoms with E-state index in [0.29, 0.717) is 17.5 Å². The molecule has 5 nitrogen and oxygen atoms in total. The van der Waals surface area contributed by atoms with Crippen LogP contribution in [0.15, 0.2) is 186 Å². The highest BCUT2D eigenvalue weighted by atomic mass is 32.1. The molecule has 0 aliphatic rings. The van der Waals surface area contributed by atoms with Crippen molar-refractivity contribution in [2.75, 3.05) is 0 Å². The second kappa shape index (κ2) is 12.6. The predicted octanol–water partition coefficient (Wildman–Crippen LogP) is 13.9. The van der Waals surface area contributed by atoms with Gasteiger partial charge in [-0.15, -0.1) is 11.3 Å². The molecule has 4 heterocycles. The lowest BCUT2D eigenvalue weighted by Crippen LogP contribution is -2.00. The van der Waals surface area contributed by atoms with E-state index in [2.05, 4.69) is 144 Å². The zero-order chi connectivity index (χ0) is 37.5. The first-order valence-corrected chi connectivity index (χ1v) is 19.8. The molecule has 0 fully saturated rings. The number of hydrogen-bond acceptors (Lipinski definition) is 5. The minimum atomic E-state index is 0.615. The van der Waals surface area contributed by atoms with Crippen LogP contribution in [0.2, 0.25) is 0 Å². The summed E-state index contributed by atoms with van der Waals surface area (Å²) in [6, 6.07) is 63.9. The number of para-hydroxylation sites is 2. The van der Waals surface area contributed by atoms with E-state index in [1.807, 2.05) is 42.5 Å². The van der Waals surface area contributed by atoms with Crippen LogP contribution in [-0.4, -0.2) is 19.5 Å². The minimum absolute atomic E-state index is 0.615. The van der Waals surface area contributed by atoms with E-state index in [-0.39, 0.29) is 0 Å². The van der Waals surface area contributed by atoms with Crippen molar-refractivity contribution in [2.45, 2.75) is 0 Å². The van der Waals surface area contributed by atoms with Crippen LogP contribution >= 0.6 is 11.3 Å². The molecule has 0 spiro atoms. The van der Waals surface area contributed by atoms with Crippen molar-refractivity contribution in [2.24, 2.45) is 0 Å². The van der Waals surface area contributed by atoms with Gasteiger partial charge in [-0.25, -0.2) is 15.0 Å². The summed E-state index contributed by atoms with van der Waals surface area (Å²) >= 11 is 1.81. The minimum Gasteiger partial charge on any atom is -0.456 e. The zero-order valence-electron chi connectivity index (χ0n) is 30.4. The molecule has 0 N–H and O–H groups in total. The van der Waals surface area contributed by atoms with Gasteiger partial charge >= 0.3 is 0 Å². The molecule has 8 aromatic carbocycles. The SMILES string of the molecule is c1ccc(-c2nc(-c3ccc4oc5cc(-c6ccc7c8ccccc8n(-c8ccccc8)c7c6)ccc5c4c3)nc(-c3ccc4sc5ccccc5c4c3)n2)cc1. The fraction of sp³-hybridized carbons (Fsp3) is 0. The summed E-state index contributed by atoms with van der Waals surface area (Å²) in [7, 11) is 0. The highest BCUT2D eigenvalue weighted by Gasteiger charge is 2.18. The third kappa shape index (κ3) is 5.19. The molecule has 0 amide bonds. The lowest BCUT2D eigenvalue weighted by Gasteiger charge is -2.09. The quantitative estimate of drug-likeness (QED) is 0.176. The Bertz CT molecular complexity index is 3530. The van der Waals surface area contributed by atoms with Crippen molar-refractivity contribution in [1.82, 2.24) is 19.5 Å². The van der Waals surface area contributed by atoms with Crippen molar-refractivity contribution in [3.05, 3.63) is 182 Å². The van der Waals surface area contributed by atoms with Crippen LogP contribution < -0.4 is 0 Å². The number of hydrogen-bond donors (Lipinski definition) is 0. The second-order valence-electron chi connectivity index (χ2n) is 14.4. The fourth-order valence-electron chi connectivity index (χ4n) is 8.32. The molecule has 57 heavy (non-hydrogen) atoms. The van der Waals surface area contributed by atoms with Gasteiger partial charge in [0.15, 0.2) is 17.5 Å². The van der Waals surface area contributed by atoms with Gasteiger partial charge in [0.1, 0.15) is 11.2 Å². The molecule has 0 atom stereocenters. The first-order chi connectivity index (χ1) is 28.2. The normalized spacial score (nSPS) is 11.9. The number of fused-ring (bicyclic) bond motifs is 9. The molecule has 12 rings (SSSR count). The zero-order valence-corrected chi connectivity index (χ0v) is 31.2. The number of aromatic nitrogens is 4. The van der Waals surface area contributed by atoms with Crippen LogP contribution in [0, 0.1) is 0 Å². The molecule has 0 aliphatic carbocycles. The summed E-state index contributed by atoms with van der Waals surface area (Å²) in [5.41, 5.74) is 10.2. The van der Waals surface area contributed by atoms with Gasteiger partial charge in [0.2, 0.25) is 0 Å². The van der Waals surface area contributed by atoms with Crippen LogP contribution in [0.5, 0.6) is 0 Å². The van der Waals surface area contributed by atoms with Gasteiger partial charge in [-0.05, 0) is 90.0 Å². The Balaban J connectivity index is 0.972. The van der Waals surface area contributed by atoms with E-state index in [9.17, 15) is 0 Å². The molecule has 0 saturated heterocycles. The lowest BCUT2D eigenvalue weighted by molar-refractivity contribution is 0.669. The van der Waals surface area contributed by atoms with Gasteiger partial charge in [0.05, 0.1) is 11.0 Å². The molecule has 6 heteroatoms. The first kappa shape index (κ1) is 31.9. The standard InChI is InChI=1S/C51H30N4OS/c1-3-11-31(12-4-1)49-52-50(54-51(53-49)35-22-26-48-42(28-35)40-16-8-10-18-47(40)57-48)34-21-25-45-41(27-34)39-24-20-33(30-46(39)56-45)32-19-23-38-37-15-7-9-17-43(37)55(44(38)29-32)36-13-5-2-6-14-36/h1-30H. The number of furan rings is 1. The third-order valence-electron chi connectivity index (χ3n) is 11.1. The van der Waals surface area contributed by atoms with Crippen molar-refractivity contribution in [3.8, 4) is 51.0 Å². The number of nitrogens with zero attached hydrogens (tertiary/aromatic N) is 4. The molecular formula is C51H30N4OS. The summed E-state index contributed by atoms with van der Waals surface area (Å²) in [6.45, 7) is 0. The molecule has 0 bridgehead atoms. The predicted molar refractivity (Wildman–Crippen MR) is 236 cm³/mol. The van der Waals surface area contributed by atoms with E-state index >= 15 is 0 Å². The van der Waals surface area contributed by atoms with Crippen molar-refractivity contribution >= 4 is 75.3 Å². The third-order valence-corrected chi connectivity index (χ3v) is 12.2. The molecule has 0 unspecified atom stereocenters. The number of rotatable bonds is 5. The van der Waals surface area contributed by atoms with E-state index in [4.69, 9.17) is 19.4 Å². The van der Waals surface area contributed by atoms with Crippen LogP contribution in [0.25, 0.3) is 115 Å². The van der Waals surface area contributed by atoms with E-state index in [1.54, 1.807) is 11.3 Å². The Kier molecular flexibility index (Phi) is 7.03. The summed E-state index contributed by atoms with van der Waals surface area (Å²) in [5.74, 6) is 1.89. The molecule has 4 aromatic heterocycles. The summed E-state index contributed by atoms with van der Waals surface area (Å²) < 4.78 is 11.4. The highest BCUT2D eigenvalue weighted by Crippen LogP contribution is 2.39. The molecular weight excluding hydrogens is 717 g/mol. The van der Waals surface area contributed by atoms with E-state index in [0.717, 1.165) is 55.4 Å². The average molecular weight is 747 g/mol. The van der Waals surface area contributed by atoms with Gasteiger partial charge in [-0.3, -0.25) is 0 Å². The van der Waals surface area contributed by atoms with Crippen LogP contribution in [0.1, 0.15) is 0 Å². The van der Waals surface area contributed by atoms with Crippen molar-refractivity contribution < 1.29 is 4.42 Å². The number of thiophene rings is 1. The maximum Gasteiger partial charge on any atom is 0.164 e. The van der Waals surface area contributed by atoms with E-state index in [1.165, 1.54) is 42.0 Å². The van der Waals surface area contributed by atoms with Gasteiger partial charge in [0.25, 0.3) is 0 Å². The second-order valence-corrected chi connectivity index (χ2v) is 15.5. The summed E-state index contributed by atoms with van der Waals surface area (Å²) in [6.07, 6.45) is 0. The van der Waals surface area contributed by atoms with E-state index < -0.39 is 0 Å². The topological polar surface area (TPSA) is 56.7 Å². The maximum atomic E-state index is 6.53. The van der Waals surface area contributed by atoms with Crippen LogP contribution in [0.4, 0.5) is 0 Å². The Hall–Kier alpha value is -7.41. The van der Waals surface area contributed by atoms with Gasteiger partial charge in [-0.1, -0.05) is 103 Å². The Morgan fingerprint density at radius 1 is 0.351 bits per heavy atom. The highest BCUT2D eigenvalue weighted by molar-refractivity contribution is 7.25. The monoisotopic (exact) mass is 746 g/mol. The molecule has 12 aromatic rings. The van der Waals surface area contributed by atoms with Crippen molar-refractivity contribution in [1.29, 1.82) is 0 Å². The smallest absolute Gasteiger partial charge is 0.164 e. The summed E-state index contributed by atoms with van der Waals surface area (Å²) in [4.78, 5) is 15.2. The van der Waals surface area contributed by atoms with Gasteiger partial charge in [0, 0.05) is 64.1 Å². The van der Waals surface area contributed by atoms with Gasteiger partial charge in [-0.2, -0.15) is 0 Å². The average Bonchev–Trinajstić information content (AvgIpc) is 3.95. The summed E-state index contributed by atoms with van der Waals surface area (Å²) in [5, 5.41) is 6.98. The molecule has 0 aliphatic heterocycles. The van der Waals surface area contributed by atoms with Gasteiger partial charge < -0.3 is 8.98 Å². The van der Waals surface area contributed by atoms with Crippen LogP contribution in [-0.2, 0) is 0 Å². The molecule has 266 valence electrons. The largest absolute Gasteiger partial charge is 0.456 e. The Labute approximate surface area is 330 Å². The molecule has 0 saturated carbocycles. The maximum absolute atomic E-state index is 6.53. The lowest BCUT2D eigenvalue weighted by atomic mass is 10.0.